The van der Waals surface area contributed by atoms with Gasteiger partial charge >= 0.3 is 0 Å². The van der Waals surface area contributed by atoms with Crippen LogP contribution >= 0.6 is 0 Å². The van der Waals surface area contributed by atoms with Gasteiger partial charge in [-0.15, -0.1) is 0 Å². The Morgan fingerprint density at radius 3 is 2.37 bits per heavy atom. The summed E-state index contributed by atoms with van der Waals surface area (Å²) in [6, 6.07) is 34.0. The maximum absolute atomic E-state index is 13.7. The van der Waals surface area contributed by atoms with Gasteiger partial charge in [0.05, 0.1) is 11.4 Å². The Labute approximate surface area is 268 Å². The van der Waals surface area contributed by atoms with Crippen molar-refractivity contribution < 1.29 is 14.3 Å². The Balaban J connectivity index is 1.35. The van der Waals surface area contributed by atoms with E-state index in [0.29, 0.717) is 35.4 Å². The number of rotatable bonds is 10. The van der Waals surface area contributed by atoms with E-state index in [4.69, 9.17) is 9.84 Å². The molecule has 0 saturated carbocycles. The molecule has 4 aromatic carbocycles. The van der Waals surface area contributed by atoms with Crippen molar-refractivity contribution in [3.63, 3.8) is 0 Å². The first-order chi connectivity index (χ1) is 22.5. The first kappa shape index (κ1) is 30.3. The van der Waals surface area contributed by atoms with Crippen LogP contribution in [0.4, 0.5) is 0 Å². The topological polar surface area (TPSA) is 88.2 Å². The lowest BCUT2D eigenvalue weighted by Crippen LogP contribution is -2.43. The van der Waals surface area contributed by atoms with E-state index in [1.165, 1.54) is 10.3 Å². The molecule has 2 amide bonds. The fourth-order valence-electron chi connectivity index (χ4n) is 5.73. The maximum Gasteiger partial charge on any atom is 0.271 e. The molecule has 0 N–H and O–H groups in total. The van der Waals surface area contributed by atoms with E-state index in [1.807, 2.05) is 85.1 Å². The molecule has 7 nitrogen and oxygen atoms in total. The number of benzene rings is 4. The summed E-state index contributed by atoms with van der Waals surface area (Å²) in [5.74, 6) is -0.203. The number of fused-ring (bicyclic) bond motifs is 1. The van der Waals surface area contributed by atoms with Gasteiger partial charge in [-0.3, -0.25) is 14.5 Å². The van der Waals surface area contributed by atoms with Crippen LogP contribution in [-0.2, 0) is 16.2 Å². The van der Waals surface area contributed by atoms with Crippen LogP contribution in [0.2, 0.25) is 0 Å². The molecule has 0 bridgehead atoms. The minimum Gasteiger partial charge on any atom is -0.489 e. The summed E-state index contributed by atoms with van der Waals surface area (Å²) in [5.41, 5.74) is 4.84. The van der Waals surface area contributed by atoms with Crippen LogP contribution in [0.1, 0.15) is 44.2 Å². The number of imide groups is 1. The Kier molecular flexibility index (Phi) is 8.89. The number of nitrogens with zero attached hydrogens (tertiary/aromatic N) is 4. The highest BCUT2D eigenvalue weighted by Gasteiger charge is 2.35. The average Bonchev–Trinajstić information content (AvgIpc) is 3.52. The second-order valence-corrected chi connectivity index (χ2v) is 11.3. The highest BCUT2D eigenvalue weighted by Crippen LogP contribution is 2.32. The number of ether oxygens (including phenoxy) is 1. The minimum atomic E-state index is -0.530. The predicted octanol–water partition coefficient (Wildman–Crippen LogP) is 8.05. The number of amides is 2. The highest BCUT2D eigenvalue weighted by atomic mass is 16.5. The fraction of sp³-hybridized carbons (Fsp3) is 0.179. The van der Waals surface area contributed by atoms with E-state index < -0.39 is 11.8 Å². The fourth-order valence-corrected chi connectivity index (χ4v) is 5.73. The number of aromatic nitrogens is 2. The van der Waals surface area contributed by atoms with Gasteiger partial charge in [-0.05, 0) is 77.7 Å². The molecule has 1 aromatic heterocycles. The van der Waals surface area contributed by atoms with E-state index in [-0.39, 0.29) is 12.1 Å². The third-order valence-corrected chi connectivity index (χ3v) is 8.28. The summed E-state index contributed by atoms with van der Waals surface area (Å²) in [4.78, 5) is 28.0. The molecule has 7 heteroatoms. The molecule has 0 radical (unpaired) electrons. The van der Waals surface area contributed by atoms with Gasteiger partial charge < -0.3 is 4.74 Å². The van der Waals surface area contributed by atoms with Crippen molar-refractivity contribution in [3.05, 3.63) is 131 Å². The molecule has 46 heavy (non-hydrogen) atoms. The smallest absolute Gasteiger partial charge is 0.271 e. The van der Waals surface area contributed by atoms with Gasteiger partial charge in [-0.25, -0.2) is 4.68 Å². The van der Waals surface area contributed by atoms with Crippen molar-refractivity contribution in [1.29, 1.82) is 5.26 Å². The van der Waals surface area contributed by atoms with Gasteiger partial charge in [0, 0.05) is 29.4 Å². The standard InChI is InChI=1S/C39H34N4O3/c1-3-4-10-22-42-38(44)35(27(2)36(24-40)39(42)45)23-31-25-43(32-15-6-5-7-16-32)41-37(31)29-18-20-33(21-19-29)46-26-30-14-11-13-28-12-8-9-17-34(28)30/h5-9,11-21,23,25H,3-4,10,22,26H2,1-2H3/b35-23+. The summed E-state index contributed by atoms with van der Waals surface area (Å²) >= 11 is 0. The third kappa shape index (κ3) is 6.11. The summed E-state index contributed by atoms with van der Waals surface area (Å²) in [6.45, 7) is 4.43. The highest BCUT2D eigenvalue weighted by molar-refractivity contribution is 6.19. The van der Waals surface area contributed by atoms with Crippen LogP contribution in [0.5, 0.6) is 5.75 Å². The second-order valence-electron chi connectivity index (χ2n) is 11.3. The number of carbonyl (C=O) groups excluding carboxylic acids is 2. The number of para-hydroxylation sites is 1. The van der Waals surface area contributed by atoms with E-state index in [0.717, 1.165) is 40.8 Å². The van der Waals surface area contributed by atoms with E-state index in [1.54, 1.807) is 17.7 Å². The zero-order valence-corrected chi connectivity index (χ0v) is 25.9. The van der Waals surface area contributed by atoms with Crippen molar-refractivity contribution in [2.24, 2.45) is 0 Å². The molecule has 1 aliphatic heterocycles. The molecule has 0 spiro atoms. The molecule has 0 fully saturated rings. The Hall–Kier alpha value is -5.74. The van der Waals surface area contributed by atoms with Crippen LogP contribution in [0.3, 0.4) is 0 Å². The molecular formula is C39H34N4O3. The normalized spacial score (nSPS) is 14.3. The largest absolute Gasteiger partial charge is 0.489 e. The molecule has 0 aliphatic carbocycles. The van der Waals surface area contributed by atoms with E-state index in [9.17, 15) is 14.9 Å². The number of unbranched alkanes of at least 4 members (excludes halogenated alkanes) is 2. The summed E-state index contributed by atoms with van der Waals surface area (Å²) in [6.07, 6.45) is 6.14. The Morgan fingerprint density at radius 1 is 0.870 bits per heavy atom. The lowest BCUT2D eigenvalue weighted by molar-refractivity contribution is -0.140. The van der Waals surface area contributed by atoms with Gasteiger partial charge in [0.2, 0.25) is 0 Å². The summed E-state index contributed by atoms with van der Waals surface area (Å²) in [5, 5.41) is 17.1. The Bertz CT molecular complexity index is 2010. The van der Waals surface area contributed by atoms with Crippen molar-refractivity contribution in [3.8, 4) is 28.8 Å². The first-order valence-electron chi connectivity index (χ1n) is 15.5. The van der Waals surface area contributed by atoms with E-state index in [2.05, 4.69) is 31.2 Å². The van der Waals surface area contributed by atoms with Gasteiger partial charge in [-0.1, -0.05) is 80.4 Å². The molecule has 1 aliphatic rings. The molecule has 2 heterocycles. The maximum atomic E-state index is 13.7. The first-order valence-corrected chi connectivity index (χ1v) is 15.5. The molecule has 5 aromatic rings. The van der Waals surface area contributed by atoms with Crippen LogP contribution in [-0.4, -0.2) is 33.0 Å². The monoisotopic (exact) mass is 606 g/mol. The SMILES string of the molecule is CCCCCN1C(=O)C(C#N)=C(C)/C(=C\c2cn(-c3ccccc3)nc2-c2ccc(OCc3cccc4ccccc34)cc2)C1=O. The summed E-state index contributed by atoms with van der Waals surface area (Å²) < 4.78 is 7.95. The van der Waals surface area contributed by atoms with Crippen molar-refractivity contribution in [2.75, 3.05) is 6.54 Å². The van der Waals surface area contributed by atoms with Gasteiger partial charge in [-0.2, -0.15) is 10.4 Å². The molecule has 228 valence electrons. The average molecular weight is 607 g/mol. The van der Waals surface area contributed by atoms with Gasteiger partial charge in [0.25, 0.3) is 11.8 Å². The number of hydrogen-bond acceptors (Lipinski definition) is 5. The van der Waals surface area contributed by atoms with Crippen molar-refractivity contribution in [1.82, 2.24) is 14.7 Å². The quantitative estimate of drug-likeness (QED) is 0.0912. The van der Waals surface area contributed by atoms with Crippen molar-refractivity contribution >= 4 is 28.7 Å². The zero-order chi connectivity index (χ0) is 32.0. The van der Waals surface area contributed by atoms with E-state index >= 15 is 0 Å². The Morgan fingerprint density at radius 2 is 1.61 bits per heavy atom. The lowest BCUT2D eigenvalue weighted by atomic mass is 9.93. The predicted molar refractivity (Wildman–Crippen MR) is 180 cm³/mol. The number of nitriles is 1. The lowest BCUT2D eigenvalue weighted by Gasteiger charge is -2.27. The second kappa shape index (κ2) is 13.5. The molecule has 0 unspecified atom stereocenters. The minimum absolute atomic E-state index is 0.00736. The van der Waals surface area contributed by atoms with Crippen LogP contribution in [0.15, 0.2) is 120 Å². The van der Waals surface area contributed by atoms with Crippen LogP contribution in [0, 0.1) is 11.3 Å². The van der Waals surface area contributed by atoms with Crippen LogP contribution in [0.25, 0.3) is 33.8 Å². The van der Waals surface area contributed by atoms with Gasteiger partial charge in [0.1, 0.15) is 24.0 Å². The van der Waals surface area contributed by atoms with Crippen LogP contribution < -0.4 is 4.74 Å². The zero-order valence-electron chi connectivity index (χ0n) is 25.9. The third-order valence-electron chi connectivity index (χ3n) is 8.28. The molecule has 6 rings (SSSR count). The molecular weight excluding hydrogens is 572 g/mol. The summed E-state index contributed by atoms with van der Waals surface area (Å²) in [7, 11) is 0. The number of carbonyl (C=O) groups is 2. The molecule has 0 saturated heterocycles. The van der Waals surface area contributed by atoms with Gasteiger partial charge in [0.15, 0.2) is 0 Å². The van der Waals surface area contributed by atoms with Crippen molar-refractivity contribution in [2.45, 2.75) is 39.7 Å². The molecule has 0 atom stereocenters. The number of hydrogen-bond donors (Lipinski definition) is 0.